The molecule has 0 aliphatic heterocycles. The molecule has 0 bridgehead atoms. The molecule has 1 heterocycles. The summed E-state index contributed by atoms with van der Waals surface area (Å²) >= 11 is 0. The molecule has 1 atom stereocenters. The average molecular weight is 529 g/mol. The Kier molecular flexibility index (Phi) is 8.52. The van der Waals surface area contributed by atoms with Gasteiger partial charge in [0.15, 0.2) is 0 Å². The lowest BCUT2D eigenvalue weighted by atomic mass is 10.00. The van der Waals surface area contributed by atoms with Gasteiger partial charge in [0.1, 0.15) is 6.61 Å². The van der Waals surface area contributed by atoms with E-state index in [-0.39, 0.29) is 34.9 Å². The SMILES string of the molecule is Cc1cccc(C)c1-c1cc(OCC(N)CCC(C)(C)O)nc(NS(=O)(=O)c2cccc(C(=O)O)c2)n1. The van der Waals surface area contributed by atoms with Gasteiger partial charge in [0.05, 0.1) is 21.8 Å². The first-order valence-corrected chi connectivity index (χ1v) is 13.2. The fraction of sp³-hybridized carbons (Fsp3) is 0.346. The van der Waals surface area contributed by atoms with Crippen LogP contribution in [0.15, 0.2) is 53.4 Å². The third-order valence-corrected chi connectivity index (χ3v) is 6.95. The number of aliphatic hydroxyl groups is 1. The van der Waals surface area contributed by atoms with E-state index in [1.807, 2.05) is 32.0 Å². The van der Waals surface area contributed by atoms with Gasteiger partial charge < -0.3 is 20.7 Å². The molecule has 11 heteroatoms. The Hall–Kier alpha value is -3.54. The lowest BCUT2D eigenvalue weighted by molar-refractivity contribution is 0.0647. The van der Waals surface area contributed by atoms with E-state index in [0.29, 0.717) is 18.5 Å². The third-order valence-electron chi connectivity index (χ3n) is 5.63. The number of benzene rings is 2. The zero-order chi connectivity index (χ0) is 27.4. The normalized spacial score (nSPS) is 12.7. The van der Waals surface area contributed by atoms with E-state index in [0.717, 1.165) is 22.8 Å². The summed E-state index contributed by atoms with van der Waals surface area (Å²) in [6.45, 7) is 7.32. The Balaban J connectivity index is 1.96. The molecule has 1 unspecified atom stereocenters. The third kappa shape index (κ3) is 7.72. The van der Waals surface area contributed by atoms with Gasteiger partial charge in [0.2, 0.25) is 11.8 Å². The smallest absolute Gasteiger partial charge is 0.335 e. The van der Waals surface area contributed by atoms with Gasteiger partial charge in [0, 0.05) is 17.7 Å². The lowest BCUT2D eigenvalue weighted by Crippen LogP contribution is -2.31. The standard InChI is InChI=1S/C26H32N4O6S/c1-16-7-5-8-17(2)23(16)21-14-22(36-15-19(27)11-12-26(3,4)33)29-25(28-21)30-37(34,35)20-10-6-9-18(13-20)24(31)32/h5-10,13-14,19,33H,11-12,15,27H2,1-4H3,(H,31,32)(H,28,29,30). The van der Waals surface area contributed by atoms with Crippen molar-refractivity contribution >= 4 is 21.9 Å². The predicted octanol–water partition coefficient (Wildman–Crippen LogP) is 3.52. The van der Waals surface area contributed by atoms with Crippen molar-refractivity contribution in [3.8, 4) is 17.1 Å². The maximum absolute atomic E-state index is 13.0. The van der Waals surface area contributed by atoms with E-state index in [9.17, 15) is 23.4 Å². The molecule has 1 aromatic heterocycles. The molecular formula is C26H32N4O6S. The number of nitrogens with one attached hydrogen (secondary N) is 1. The Morgan fingerprint density at radius 2 is 1.76 bits per heavy atom. The monoisotopic (exact) mass is 528 g/mol. The number of aryl methyl sites for hydroxylation is 2. The quantitative estimate of drug-likeness (QED) is 0.291. The van der Waals surface area contributed by atoms with E-state index in [1.165, 1.54) is 18.2 Å². The van der Waals surface area contributed by atoms with Crippen molar-refractivity contribution in [2.45, 2.75) is 57.1 Å². The van der Waals surface area contributed by atoms with Crippen molar-refractivity contribution in [3.63, 3.8) is 0 Å². The van der Waals surface area contributed by atoms with Crippen LogP contribution in [-0.4, -0.2) is 52.8 Å². The highest BCUT2D eigenvalue weighted by atomic mass is 32.2. The van der Waals surface area contributed by atoms with Crippen molar-refractivity contribution in [1.29, 1.82) is 0 Å². The number of anilines is 1. The average Bonchev–Trinajstić information content (AvgIpc) is 2.80. The number of carbonyl (C=O) groups is 1. The molecule has 10 nitrogen and oxygen atoms in total. The number of nitrogens with two attached hydrogens (primary N) is 1. The van der Waals surface area contributed by atoms with Gasteiger partial charge in [-0.05, 0) is 69.9 Å². The molecule has 198 valence electrons. The largest absolute Gasteiger partial charge is 0.478 e. The summed E-state index contributed by atoms with van der Waals surface area (Å²) in [5.74, 6) is -1.37. The maximum Gasteiger partial charge on any atom is 0.335 e. The molecule has 0 aliphatic rings. The van der Waals surface area contributed by atoms with Gasteiger partial charge >= 0.3 is 5.97 Å². The summed E-state index contributed by atoms with van der Waals surface area (Å²) in [6.07, 6.45) is 0.993. The molecule has 0 spiro atoms. The lowest BCUT2D eigenvalue weighted by Gasteiger charge is -2.20. The van der Waals surface area contributed by atoms with Crippen LogP contribution in [0.4, 0.5) is 5.95 Å². The Morgan fingerprint density at radius 3 is 2.38 bits per heavy atom. The predicted molar refractivity (Wildman–Crippen MR) is 140 cm³/mol. The minimum Gasteiger partial charge on any atom is -0.478 e. The molecule has 0 fully saturated rings. The molecule has 2 aromatic carbocycles. The van der Waals surface area contributed by atoms with Gasteiger partial charge in [-0.25, -0.2) is 22.9 Å². The summed E-state index contributed by atoms with van der Waals surface area (Å²) in [6, 6.07) is 11.9. The number of hydrogen-bond donors (Lipinski definition) is 4. The first-order chi connectivity index (χ1) is 17.2. The minimum absolute atomic E-state index is 0.0894. The Bertz CT molecular complexity index is 1370. The first-order valence-electron chi connectivity index (χ1n) is 11.7. The summed E-state index contributed by atoms with van der Waals surface area (Å²) in [4.78, 5) is 19.7. The highest BCUT2D eigenvalue weighted by molar-refractivity contribution is 7.92. The number of sulfonamides is 1. The van der Waals surface area contributed by atoms with E-state index in [2.05, 4.69) is 14.7 Å². The van der Waals surface area contributed by atoms with E-state index in [1.54, 1.807) is 19.9 Å². The van der Waals surface area contributed by atoms with Crippen LogP contribution in [0.25, 0.3) is 11.3 Å². The van der Waals surface area contributed by atoms with Crippen molar-refractivity contribution in [2.75, 3.05) is 11.3 Å². The van der Waals surface area contributed by atoms with Gasteiger partial charge in [-0.2, -0.15) is 4.98 Å². The van der Waals surface area contributed by atoms with Crippen molar-refractivity contribution in [2.24, 2.45) is 5.73 Å². The van der Waals surface area contributed by atoms with E-state index >= 15 is 0 Å². The molecule has 0 saturated carbocycles. The highest BCUT2D eigenvalue weighted by Crippen LogP contribution is 2.29. The highest BCUT2D eigenvalue weighted by Gasteiger charge is 2.21. The summed E-state index contributed by atoms with van der Waals surface area (Å²) in [5, 5.41) is 19.2. The molecule has 0 saturated heterocycles. The molecule has 5 N–H and O–H groups in total. The van der Waals surface area contributed by atoms with E-state index in [4.69, 9.17) is 10.5 Å². The Morgan fingerprint density at radius 1 is 1.11 bits per heavy atom. The Labute approximate surface area is 216 Å². The minimum atomic E-state index is -4.21. The molecule has 0 radical (unpaired) electrons. The van der Waals surface area contributed by atoms with Crippen LogP contribution in [0.2, 0.25) is 0 Å². The molecule has 3 aromatic rings. The number of aromatic carboxylic acids is 1. The molecule has 37 heavy (non-hydrogen) atoms. The second-order valence-corrected chi connectivity index (χ2v) is 11.2. The van der Waals surface area contributed by atoms with Crippen LogP contribution >= 0.6 is 0 Å². The molecule has 0 aliphatic carbocycles. The van der Waals surface area contributed by atoms with E-state index < -0.39 is 21.6 Å². The second kappa shape index (κ2) is 11.2. The number of rotatable bonds is 11. The van der Waals surface area contributed by atoms with Crippen LogP contribution < -0.4 is 15.2 Å². The van der Waals surface area contributed by atoms with Crippen molar-refractivity contribution in [3.05, 3.63) is 65.2 Å². The van der Waals surface area contributed by atoms with Gasteiger partial charge in [-0.1, -0.05) is 24.3 Å². The number of aromatic nitrogens is 2. The van der Waals surface area contributed by atoms with Crippen LogP contribution in [0, 0.1) is 13.8 Å². The van der Waals surface area contributed by atoms with Crippen LogP contribution in [-0.2, 0) is 10.0 Å². The summed E-state index contributed by atoms with van der Waals surface area (Å²) < 4.78 is 34.2. The summed E-state index contributed by atoms with van der Waals surface area (Å²) in [5.41, 5.74) is 8.21. The van der Waals surface area contributed by atoms with Gasteiger partial charge in [-0.3, -0.25) is 0 Å². The maximum atomic E-state index is 13.0. The second-order valence-electron chi connectivity index (χ2n) is 9.54. The number of carboxylic acids is 1. The summed E-state index contributed by atoms with van der Waals surface area (Å²) in [7, 11) is -4.21. The fourth-order valence-corrected chi connectivity index (χ4v) is 4.67. The van der Waals surface area contributed by atoms with Crippen molar-refractivity contribution in [1.82, 2.24) is 9.97 Å². The zero-order valence-corrected chi connectivity index (χ0v) is 22.0. The van der Waals surface area contributed by atoms with Crippen LogP contribution in [0.3, 0.4) is 0 Å². The molecule has 3 rings (SSSR count). The molecular weight excluding hydrogens is 496 g/mol. The number of nitrogens with zero attached hydrogens (tertiary/aromatic N) is 2. The number of hydrogen-bond acceptors (Lipinski definition) is 8. The van der Waals surface area contributed by atoms with Gasteiger partial charge in [0.25, 0.3) is 10.0 Å². The van der Waals surface area contributed by atoms with Crippen molar-refractivity contribution < 1.29 is 28.2 Å². The van der Waals surface area contributed by atoms with Gasteiger partial charge in [-0.15, -0.1) is 0 Å². The number of ether oxygens (including phenoxy) is 1. The zero-order valence-electron chi connectivity index (χ0n) is 21.2. The first kappa shape index (κ1) is 28.0. The molecule has 0 amide bonds. The van der Waals surface area contributed by atoms with Crippen LogP contribution in [0.5, 0.6) is 5.88 Å². The fourth-order valence-electron chi connectivity index (χ4n) is 3.68. The topological polar surface area (TPSA) is 165 Å². The van der Waals surface area contributed by atoms with Crippen LogP contribution in [0.1, 0.15) is 48.2 Å². The number of carboxylic acid groups (broad SMARTS) is 1.